The molecule has 0 aromatic rings. The summed E-state index contributed by atoms with van der Waals surface area (Å²) in [5.74, 6) is -0.123. The molecule has 2 heterocycles. The van der Waals surface area contributed by atoms with Gasteiger partial charge in [0.05, 0.1) is 18.1 Å². The van der Waals surface area contributed by atoms with Gasteiger partial charge in [0.1, 0.15) is 0 Å². The summed E-state index contributed by atoms with van der Waals surface area (Å²) in [6.07, 6.45) is 0.517. The van der Waals surface area contributed by atoms with Crippen LogP contribution in [0.5, 0.6) is 0 Å². The Morgan fingerprint density at radius 3 is 2.71 bits per heavy atom. The van der Waals surface area contributed by atoms with Gasteiger partial charge in [-0.15, -0.1) is 0 Å². The van der Waals surface area contributed by atoms with Crippen molar-refractivity contribution in [2.24, 2.45) is 5.92 Å². The molecular formula is C11H19N3O3. The van der Waals surface area contributed by atoms with Gasteiger partial charge in [0.2, 0.25) is 11.8 Å². The van der Waals surface area contributed by atoms with Crippen molar-refractivity contribution in [3.05, 3.63) is 0 Å². The first-order valence-electron chi connectivity index (χ1n) is 6.01. The van der Waals surface area contributed by atoms with E-state index < -0.39 is 6.10 Å². The number of carbonyl (C=O) groups excluding carboxylic acids is 2. The van der Waals surface area contributed by atoms with E-state index in [1.54, 1.807) is 11.9 Å². The lowest BCUT2D eigenvalue weighted by atomic mass is 9.97. The molecule has 2 amide bonds. The second kappa shape index (κ2) is 5.01. The highest BCUT2D eigenvalue weighted by Gasteiger charge is 2.35. The maximum absolute atomic E-state index is 12.2. The number of nitrogens with zero attached hydrogens (tertiary/aromatic N) is 1. The first-order valence-corrected chi connectivity index (χ1v) is 6.01. The van der Waals surface area contributed by atoms with E-state index in [4.69, 9.17) is 0 Å². The number of aliphatic hydroxyl groups is 1. The molecule has 0 aliphatic carbocycles. The molecular weight excluding hydrogens is 222 g/mol. The standard InChI is InChI=1S/C11H19N3O3/c1-14(8-5-12-6-9(8)15)11(17)7-2-3-10(16)13-4-7/h7-9,12,15H,2-6H2,1H3,(H,13,16)/t7?,8-,9-/m0/s1. The molecule has 0 aromatic carbocycles. The summed E-state index contributed by atoms with van der Waals surface area (Å²) >= 11 is 0. The summed E-state index contributed by atoms with van der Waals surface area (Å²) in [6, 6.07) is -0.153. The highest BCUT2D eigenvalue weighted by atomic mass is 16.3. The molecule has 3 atom stereocenters. The summed E-state index contributed by atoms with van der Waals surface area (Å²) in [5.41, 5.74) is 0. The molecule has 2 aliphatic heterocycles. The van der Waals surface area contributed by atoms with E-state index in [0.29, 0.717) is 32.5 Å². The third-order valence-electron chi connectivity index (χ3n) is 3.61. The van der Waals surface area contributed by atoms with E-state index in [2.05, 4.69) is 10.6 Å². The number of aliphatic hydroxyl groups excluding tert-OH is 1. The molecule has 3 N–H and O–H groups in total. The first kappa shape index (κ1) is 12.3. The molecule has 2 rings (SSSR count). The number of likely N-dealkylation sites (N-methyl/N-ethyl adjacent to an activating group) is 1. The number of β-amino-alcohol motifs (C(OH)–C–C–N with tert-alkyl or cyclic N) is 1. The molecule has 0 aromatic heterocycles. The molecule has 0 spiro atoms. The molecule has 96 valence electrons. The SMILES string of the molecule is CN(C(=O)C1CCC(=O)NC1)[C@H]1CNC[C@@H]1O. The van der Waals surface area contributed by atoms with Gasteiger partial charge in [-0.05, 0) is 6.42 Å². The van der Waals surface area contributed by atoms with Crippen LogP contribution < -0.4 is 10.6 Å². The molecule has 2 saturated heterocycles. The minimum absolute atomic E-state index is 0.0118. The lowest BCUT2D eigenvalue weighted by Crippen LogP contribution is -2.50. The fourth-order valence-electron chi connectivity index (χ4n) is 2.44. The second-order valence-corrected chi connectivity index (χ2v) is 4.78. The van der Waals surface area contributed by atoms with Crippen LogP contribution in [0.1, 0.15) is 12.8 Å². The minimum atomic E-state index is -0.498. The summed E-state index contributed by atoms with van der Waals surface area (Å²) < 4.78 is 0. The van der Waals surface area contributed by atoms with Crippen molar-refractivity contribution in [2.45, 2.75) is 25.0 Å². The number of amides is 2. The maximum atomic E-state index is 12.2. The Hall–Kier alpha value is -1.14. The molecule has 0 saturated carbocycles. The van der Waals surface area contributed by atoms with Crippen LogP contribution in [-0.4, -0.2) is 60.6 Å². The fourth-order valence-corrected chi connectivity index (χ4v) is 2.44. The van der Waals surface area contributed by atoms with Gasteiger partial charge in [-0.1, -0.05) is 0 Å². The summed E-state index contributed by atoms with van der Waals surface area (Å²) in [6.45, 7) is 1.57. The van der Waals surface area contributed by atoms with Crippen molar-refractivity contribution in [3.8, 4) is 0 Å². The molecule has 1 unspecified atom stereocenters. The van der Waals surface area contributed by atoms with Crippen molar-refractivity contribution >= 4 is 11.8 Å². The van der Waals surface area contributed by atoms with E-state index in [9.17, 15) is 14.7 Å². The maximum Gasteiger partial charge on any atom is 0.227 e. The quantitative estimate of drug-likeness (QED) is 0.538. The van der Waals surface area contributed by atoms with E-state index in [0.717, 1.165) is 0 Å². The Bertz CT molecular complexity index is 311. The molecule has 6 nitrogen and oxygen atoms in total. The van der Waals surface area contributed by atoms with E-state index in [-0.39, 0.29) is 23.8 Å². The van der Waals surface area contributed by atoms with Crippen molar-refractivity contribution in [2.75, 3.05) is 26.7 Å². The molecule has 6 heteroatoms. The number of hydrogen-bond acceptors (Lipinski definition) is 4. The number of hydrogen-bond donors (Lipinski definition) is 3. The number of nitrogens with one attached hydrogen (secondary N) is 2. The van der Waals surface area contributed by atoms with Crippen LogP contribution in [0.15, 0.2) is 0 Å². The molecule has 0 radical (unpaired) electrons. The van der Waals surface area contributed by atoms with Gasteiger partial charge in [0.25, 0.3) is 0 Å². The van der Waals surface area contributed by atoms with Crippen LogP contribution >= 0.6 is 0 Å². The van der Waals surface area contributed by atoms with Crippen molar-refractivity contribution < 1.29 is 14.7 Å². The Morgan fingerprint density at radius 2 is 2.18 bits per heavy atom. The molecule has 2 aliphatic rings. The largest absolute Gasteiger partial charge is 0.390 e. The average Bonchev–Trinajstić information content (AvgIpc) is 2.74. The zero-order valence-electron chi connectivity index (χ0n) is 9.98. The highest BCUT2D eigenvalue weighted by molar-refractivity contribution is 5.83. The normalized spacial score (nSPS) is 33.3. The summed E-state index contributed by atoms with van der Waals surface area (Å²) in [5, 5.41) is 15.5. The van der Waals surface area contributed by atoms with Gasteiger partial charge in [-0.25, -0.2) is 0 Å². The summed E-state index contributed by atoms with van der Waals surface area (Å²) in [7, 11) is 1.72. The minimum Gasteiger partial charge on any atom is -0.390 e. The summed E-state index contributed by atoms with van der Waals surface area (Å²) in [4.78, 5) is 24.8. The number of carbonyl (C=O) groups is 2. The smallest absolute Gasteiger partial charge is 0.227 e. The highest BCUT2D eigenvalue weighted by Crippen LogP contribution is 2.17. The Kier molecular flexibility index (Phi) is 3.63. The lowest BCUT2D eigenvalue weighted by molar-refractivity contribution is -0.139. The first-order chi connectivity index (χ1) is 8.09. The van der Waals surface area contributed by atoms with E-state index in [1.165, 1.54) is 0 Å². The van der Waals surface area contributed by atoms with Crippen molar-refractivity contribution in [1.29, 1.82) is 0 Å². The second-order valence-electron chi connectivity index (χ2n) is 4.78. The Labute approximate surface area is 100 Å². The number of piperidine rings is 1. The molecule has 2 fully saturated rings. The lowest BCUT2D eigenvalue weighted by Gasteiger charge is -2.31. The Balaban J connectivity index is 1.92. The fraction of sp³-hybridized carbons (Fsp3) is 0.818. The van der Waals surface area contributed by atoms with E-state index in [1.807, 2.05) is 0 Å². The van der Waals surface area contributed by atoms with E-state index >= 15 is 0 Å². The van der Waals surface area contributed by atoms with Gasteiger partial charge in [0, 0.05) is 33.1 Å². The predicted molar refractivity (Wildman–Crippen MR) is 61.2 cm³/mol. The zero-order valence-corrected chi connectivity index (χ0v) is 9.98. The van der Waals surface area contributed by atoms with Gasteiger partial charge >= 0.3 is 0 Å². The zero-order chi connectivity index (χ0) is 12.4. The third kappa shape index (κ3) is 2.58. The molecule has 0 bridgehead atoms. The van der Waals surface area contributed by atoms with Crippen LogP contribution in [0.2, 0.25) is 0 Å². The average molecular weight is 241 g/mol. The van der Waals surface area contributed by atoms with Crippen molar-refractivity contribution in [1.82, 2.24) is 15.5 Å². The predicted octanol–water partition coefficient (Wildman–Crippen LogP) is -1.70. The Morgan fingerprint density at radius 1 is 1.41 bits per heavy atom. The monoisotopic (exact) mass is 241 g/mol. The van der Waals surface area contributed by atoms with Crippen LogP contribution in [0.4, 0.5) is 0 Å². The van der Waals surface area contributed by atoms with Gasteiger partial charge in [-0.3, -0.25) is 9.59 Å². The van der Waals surface area contributed by atoms with Gasteiger partial charge in [0.15, 0.2) is 0 Å². The topological polar surface area (TPSA) is 81.7 Å². The van der Waals surface area contributed by atoms with Crippen LogP contribution in [-0.2, 0) is 9.59 Å². The van der Waals surface area contributed by atoms with Gasteiger partial charge < -0.3 is 20.6 Å². The van der Waals surface area contributed by atoms with Crippen LogP contribution in [0.3, 0.4) is 0 Å². The van der Waals surface area contributed by atoms with Gasteiger partial charge in [-0.2, -0.15) is 0 Å². The third-order valence-corrected chi connectivity index (χ3v) is 3.61. The molecule has 17 heavy (non-hydrogen) atoms. The van der Waals surface area contributed by atoms with Crippen LogP contribution in [0, 0.1) is 5.92 Å². The van der Waals surface area contributed by atoms with Crippen molar-refractivity contribution in [3.63, 3.8) is 0 Å². The number of rotatable bonds is 2. The van der Waals surface area contributed by atoms with Crippen LogP contribution in [0.25, 0.3) is 0 Å².